The maximum atomic E-state index is 5.84. The van der Waals surface area contributed by atoms with Crippen LogP contribution in [0, 0.1) is 6.92 Å². The van der Waals surface area contributed by atoms with E-state index in [1.165, 1.54) is 18.4 Å². The molecular weight excluding hydrogens is 212 g/mol. The summed E-state index contributed by atoms with van der Waals surface area (Å²) in [6.07, 6.45) is 2.44. The van der Waals surface area contributed by atoms with E-state index in [-0.39, 0.29) is 0 Å². The zero-order valence-electron chi connectivity index (χ0n) is 10.1. The standard InChI is InChI=1S/C13H16N4/c1-8-3-6-10(14)7-11(8)13-15-12(9-4-5-9)16-17(13)2/h3,6-7,9H,4-5,14H2,1-2H3. The van der Waals surface area contributed by atoms with Crippen LogP contribution in [-0.2, 0) is 7.05 Å². The summed E-state index contributed by atoms with van der Waals surface area (Å²) in [4.78, 5) is 4.64. The smallest absolute Gasteiger partial charge is 0.158 e. The van der Waals surface area contributed by atoms with E-state index in [1.807, 2.05) is 29.9 Å². The second-order valence-electron chi connectivity index (χ2n) is 4.77. The average Bonchev–Trinajstić information content (AvgIpc) is 3.07. The molecule has 1 aliphatic carbocycles. The van der Waals surface area contributed by atoms with Crippen molar-refractivity contribution in [3.05, 3.63) is 29.6 Å². The van der Waals surface area contributed by atoms with Crippen LogP contribution >= 0.6 is 0 Å². The van der Waals surface area contributed by atoms with Gasteiger partial charge in [0.1, 0.15) is 0 Å². The van der Waals surface area contributed by atoms with Crippen LogP contribution < -0.4 is 5.73 Å². The number of hydrogen-bond acceptors (Lipinski definition) is 3. The third kappa shape index (κ3) is 1.79. The van der Waals surface area contributed by atoms with Gasteiger partial charge in [-0.2, -0.15) is 5.10 Å². The topological polar surface area (TPSA) is 56.7 Å². The molecule has 2 N–H and O–H groups in total. The van der Waals surface area contributed by atoms with E-state index in [0.29, 0.717) is 5.92 Å². The lowest BCUT2D eigenvalue weighted by Crippen LogP contribution is -1.97. The first kappa shape index (κ1) is 10.3. The lowest BCUT2D eigenvalue weighted by atomic mass is 10.1. The summed E-state index contributed by atoms with van der Waals surface area (Å²) in [7, 11) is 1.94. The van der Waals surface area contributed by atoms with Gasteiger partial charge < -0.3 is 5.73 Å². The fraction of sp³-hybridized carbons (Fsp3) is 0.385. The summed E-state index contributed by atoms with van der Waals surface area (Å²) >= 11 is 0. The Morgan fingerprint density at radius 2 is 2.12 bits per heavy atom. The number of hydrogen-bond donors (Lipinski definition) is 1. The van der Waals surface area contributed by atoms with Crippen LogP contribution in [0.1, 0.15) is 30.1 Å². The molecule has 1 aromatic heterocycles. The van der Waals surface area contributed by atoms with Crippen LogP contribution in [0.2, 0.25) is 0 Å². The van der Waals surface area contributed by atoms with E-state index >= 15 is 0 Å². The minimum atomic E-state index is 0.580. The predicted octanol–water partition coefficient (Wildman–Crippen LogP) is 2.25. The molecule has 0 bridgehead atoms. The van der Waals surface area contributed by atoms with E-state index in [1.54, 1.807) is 0 Å². The van der Waals surface area contributed by atoms with Crippen LogP contribution in [-0.4, -0.2) is 14.8 Å². The molecule has 88 valence electrons. The summed E-state index contributed by atoms with van der Waals surface area (Å²) in [6, 6.07) is 5.91. The minimum Gasteiger partial charge on any atom is -0.399 e. The number of rotatable bonds is 2. The summed E-state index contributed by atoms with van der Waals surface area (Å²) in [5.74, 6) is 2.47. The number of benzene rings is 1. The van der Waals surface area contributed by atoms with Crippen molar-refractivity contribution in [1.29, 1.82) is 0 Å². The molecule has 1 saturated carbocycles. The van der Waals surface area contributed by atoms with Crippen LogP contribution in [0.15, 0.2) is 18.2 Å². The van der Waals surface area contributed by atoms with E-state index < -0.39 is 0 Å². The molecule has 17 heavy (non-hydrogen) atoms. The molecule has 0 amide bonds. The monoisotopic (exact) mass is 228 g/mol. The Hall–Kier alpha value is -1.84. The molecule has 0 atom stereocenters. The Labute approximate surface area is 100 Å². The molecule has 0 radical (unpaired) electrons. The molecule has 1 aromatic carbocycles. The van der Waals surface area contributed by atoms with Crippen LogP contribution in [0.5, 0.6) is 0 Å². The summed E-state index contributed by atoms with van der Waals surface area (Å²) < 4.78 is 1.86. The zero-order valence-corrected chi connectivity index (χ0v) is 10.1. The minimum absolute atomic E-state index is 0.580. The zero-order chi connectivity index (χ0) is 12.0. The van der Waals surface area contributed by atoms with Gasteiger partial charge in [0.25, 0.3) is 0 Å². The first-order valence-electron chi connectivity index (χ1n) is 5.92. The Kier molecular flexibility index (Phi) is 2.18. The van der Waals surface area contributed by atoms with Gasteiger partial charge in [0, 0.05) is 24.2 Å². The van der Waals surface area contributed by atoms with Crippen molar-refractivity contribution < 1.29 is 0 Å². The lowest BCUT2D eigenvalue weighted by molar-refractivity contribution is 0.750. The average molecular weight is 228 g/mol. The van der Waals surface area contributed by atoms with Gasteiger partial charge in [-0.05, 0) is 37.5 Å². The maximum Gasteiger partial charge on any atom is 0.158 e. The molecule has 0 aliphatic heterocycles. The maximum absolute atomic E-state index is 5.84. The summed E-state index contributed by atoms with van der Waals surface area (Å²) in [6.45, 7) is 2.07. The SMILES string of the molecule is Cc1ccc(N)cc1-c1nc(C2CC2)nn1C. The molecule has 0 saturated heterocycles. The number of aromatic nitrogens is 3. The number of nitrogen functional groups attached to an aromatic ring is 1. The van der Waals surface area contributed by atoms with Gasteiger partial charge >= 0.3 is 0 Å². The van der Waals surface area contributed by atoms with Crippen molar-refractivity contribution in [2.24, 2.45) is 7.05 Å². The molecule has 1 heterocycles. The van der Waals surface area contributed by atoms with Crippen molar-refractivity contribution in [3.63, 3.8) is 0 Å². The van der Waals surface area contributed by atoms with Crippen LogP contribution in [0.4, 0.5) is 5.69 Å². The fourth-order valence-corrected chi connectivity index (χ4v) is 2.03. The number of aryl methyl sites for hydroxylation is 2. The first-order chi connectivity index (χ1) is 8.15. The molecule has 1 fully saturated rings. The number of anilines is 1. The quantitative estimate of drug-likeness (QED) is 0.802. The van der Waals surface area contributed by atoms with Gasteiger partial charge in [0.2, 0.25) is 0 Å². The van der Waals surface area contributed by atoms with Crippen molar-refractivity contribution >= 4 is 5.69 Å². The normalized spacial score (nSPS) is 15.2. The number of nitrogens with zero attached hydrogens (tertiary/aromatic N) is 3. The molecular formula is C13H16N4. The van der Waals surface area contributed by atoms with Crippen molar-refractivity contribution in [2.45, 2.75) is 25.7 Å². The summed E-state index contributed by atoms with van der Waals surface area (Å²) in [5.41, 5.74) is 8.86. The lowest BCUT2D eigenvalue weighted by Gasteiger charge is -2.05. The molecule has 0 spiro atoms. The van der Waals surface area contributed by atoms with Gasteiger partial charge in [0.15, 0.2) is 11.6 Å². The Balaban J connectivity index is 2.10. The third-order valence-corrected chi connectivity index (χ3v) is 3.22. The highest BCUT2D eigenvalue weighted by Gasteiger charge is 2.28. The second kappa shape index (κ2) is 3.58. The van der Waals surface area contributed by atoms with Gasteiger partial charge in [-0.3, -0.25) is 0 Å². The van der Waals surface area contributed by atoms with Crippen molar-refractivity contribution in [3.8, 4) is 11.4 Å². The van der Waals surface area contributed by atoms with E-state index in [0.717, 1.165) is 22.9 Å². The van der Waals surface area contributed by atoms with Gasteiger partial charge in [-0.15, -0.1) is 0 Å². The van der Waals surface area contributed by atoms with Crippen molar-refractivity contribution in [2.75, 3.05) is 5.73 Å². The van der Waals surface area contributed by atoms with Gasteiger partial charge in [-0.25, -0.2) is 9.67 Å². The van der Waals surface area contributed by atoms with E-state index in [2.05, 4.69) is 17.0 Å². The Bertz CT molecular complexity index is 567. The molecule has 1 aliphatic rings. The van der Waals surface area contributed by atoms with Gasteiger partial charge in [0.05, 0.1) is 0 Å². The Morgan fingerprint density at radius 3 is 2.82 bits per heavy atom. The van der Waals surface area contributed by atoms with Crippen LogP contribution in [0.25, 0.3) is 11.4 Å². The van der Waals surface area contributed by atoms with E-state index in [4.69, 9.17) is 5.73 Å². The molecule has 3 rings (SSSR count). The second-order valence-corrected chi connectivity index (χ2v) is 4.77. The Morgan fingerprint density at radius 1 is 1.35 bits per heavy atom. The predicted molar refractivity (Wildman–Crippen MR) is 67.6 cm³/mol. The first-order valence-corrected chi connectivity index (χ1v) is 5.92. The van der Waals surface area contributed by atoms with Gasteiger partial charge in [-0.1, -0.05) is 6.07 Å². The highest BCUT2D eigenvalue weighted by atomic mass is 15.3. The van der Waals surface area contributed by atoms with Crippen molar-refractivity contribution in [1.82, 2.24) is 14.8 Å². The van der Waals surface area contributed by atoms with E-state index in [9.17, 15) is 0 Å². The fourth-order valence-electron chi connectivity index (χ4n) is 2.03. The molecule has 4 nitrogen and oxygen atoms in total. The third-order valence-electron chi connectivity index (χ3n) is 3.22. The summed E-state index contributed by atoms with van der Waals surface area (Å²) in [5, 5.41) is 4.48. The highest BCUT2D eigenvalue weighted by Crippen LogP contribution is 2.39. The molecule has 2 aromatic rings. The number of nitrogens with two attached hydrogens (primary N) is 1. The van der Waals surface area contributed by atoms with Crippen LogP contribution in [0.3, 0.4) is 0 Å². The largest absolute Gasteiger partial charge is 0.399 e. The molecule has 0 unspecified atom stereocenters. The molecule has 4 heteroatoms. The highest BCUT2D eigenvalue weighted by molar-refractivity contribution is 5.65.